The van der Waals surface area contributed by atoms with Crippen molar-refractivity contribution < 1.29 is 4.79 Å². The summed E-state index contributed by atoms with van der Waals surface area (Å²) in [5, 5.41) is 13.3. The lowest BCUT2D eigenvalue weighted by Crippen LogP contribution is -2.30. The molecule has 6 nitrogen and oxygen atoms in total. The summed E-state index contributed by atoms with van der Waals surface area (Å²) in [5.41, 5.74) is 2.46. The van der Waals surface area contributed by atoms with E-state index in [1.807, 2.05) is 54.1 Å². The van der Waals surface area contributed by atoms with Crippen LogP contribution in [-0.4, -0.2) is 43.6 Å². The Morgan fingerprint density at radius 1 is 1.06 bits per heavy atom. The van der Waals surface area contributed by atoms with Gasteiger partial charge in [0.2, 0.25) is 0 Å². The average Bonchev–Trinajstić information content (AvgIpc) is 3.48. The number of aromatic nitrogens is 4. The van der Waals surface area contributed by atoms with E-state index in [0.717, 1.165) is 27.2 Å². The molecule has 4 rings (SSSR count). The zero-order chi connectivity index (χ0) is 24.1. The summed E-state index contributed by atoms with van der Waals surface area (Å²) >= 11 is 15.5. The van der Waals surface area contributed by atoms with Crippen molar-refractivity contribution in [2.75, 3.05) is 13.1 Å². The first-order valence-corrected chi connectivity index (χ1v) is 13.4. The first-order valence-electron chi connectivity index (χ1n) is 10.8. The molecule has 1 amide bonds. The number of carbonyl (C=O) groups excluding carboxylic acids is 1. The molecule has 0 unspecified atom stereocenters. The smallest absolute Gasteiger partial charge is 0.273 e. The summed E-state index contributed by atoms with van der Waals surface area (Å²) < 4.78 is 2.00. The van der Waals surface area contributed by atoms with Gasteiger partial charge in [-0.3, -0.25) is 9.36 Å². The lowest BCUT2D eigenvalue weighted by atomic mass is 10.1. The van der Waals surface area contributed by atoms with Gasteiger partial charge >= 0.3 is 0 Å². The van der Waals surface area contributed by atoms with Gasteiger partial charge in [0.15, 0.2) is 5.16 Å². The lowest BCUT2D eigenvalue weighted by molar-refractivity contribution is 0.0768. The maximum atomic E-state index is 12.6. The van der Waals surface area contributed by atoms with Crippen molar-refractivity contribution in [1.29, 1.82) is 0 Å². The number of thiazole rings is 1. The highest BCUT2D eigenvalue weighted by Crippen LogP contribution is 2.30. The van der Waals surface area contributed by atoms with Crippen molar-refractivity contribution in [3.8, 4) is 5.69 Å². The van der Waals surface area contributed by atoms with Crippen molar-refractivity contribution in [2.45, 2.75) is 31.2 Å². The number of carbonyl (C=O) groups is 1. The summed E-state index contributed by atoms with van der Waals surface area (Å²) in [6.45, 7) is 5.25. The molecule has 0 spiro atoms. The second-order valence-corrected chi connectivity index (χ2v) is 10.1. The Kier molecular flexibility index (Phi) is 8.26. The van der Waals surface area contributed by atoms with Crippen LogP contribution in [0.25, 0.3) is 5.69 Å². The van der Waals surface area contributed by atoms with Gasteiger partial charge in [0.1, 0.15) is 16.5 Å². The lowest BCUT2D eigenvalue weighted by Gasteiger charge is -2.16. The summed E-state index contributed by atoms with van der Waals surface area (Å²) in [6, 6.07) is 15.6. The molecule has 0 fully saturated rings. The molecule has 0 aliphatic heterocycles. The van der Waals surface area contributed by atoms with Crippen LogP contribution >= 0.6 is 46.3 Å². The quantitative estimate of drug-likeness (QED) is 0.234. The van der Waals surface area contributed by atoms with Crippen molar-refractivity contribution in [1.82, 2.24) is 24.6 Å². The standard InChI is InChI=1S/C24H23Cl2N5OS2/c1-3-30(4-2)23(32)20-14-33-22(27-20)15-34-24-29-28-21(12-16-8-6-5-7-9-16)31(24)17-10-11-18(25)19(26)13-17/h5-11,13-14H,3-4,12,15H2,1-2H3. The van der Waals surface area contributed by atoms with Crippen LogP contribution in [-0.2, 0) is 12.2 Å². The molecule has 10 heteroatoms. The normalized spacial score (nSPS) is 11.1. The number of nitrogens with zero attached hydrogens (tertiary/aromatic N) is 5. The molecule has 176 valence electrons. The van der Waals surface area contributed by atoms with Crippen LogP contribution < -0.4 is 0 Å². The number of amides is 1. The van der Waals surface area contributed by atoms with Gasteiger partial charge in [-0.05, 0) is 37.6 Å². The van der Waals surface area contributed by atoms with Gasteiger partial charge in [-0.1, -0.05) is 65.3 Å². The fourth-order valence-corrected chi connectivity index (χ4v) is 5.49. The Hall–Kier alpha value is -2.39. The van der Waals surface area contributed by atoms with Crippen LogP contribution in [0.5, 0.6) is 0 Å². The molecule has 4 aromatic rings. The van der Waals surface area contributed by atoms with Gasteiger partial charge in [0.25, 0.3) is 5.91 Å². The minimum absolute atomic E-state index is 0.0402. The number of hydrogen-bond acceptors (Lipinski definition) is 6. The molecule has 34 heavy (non-hydrogen) atoms. The molecular weight excluding hydrogens is 509 g/mol. The van der Waals surface area contributed by atoms with E-state index in [1.54, 1.807) is 11.0 Å². The van der Waals surface area contributed by atoms with Crippen LogP contribution in [0.4, 0.5) is 0 Å². The molecule has 2 aromatic carbocycles. The Morgan fingerprint density at radius 3 is 2.53 bits per heavy atom. The molecule has 0 N–H and O–H groups in total. The van der Waals surface area contributed by atoms with E-state index >= 15 is 0 Å². The fraction of sp³-hybridized carbons (Fsp3) is 0.250. The highest BCUT2D eigenvalue weighted by molar-refractivity contribution is 7.98. The maximum Gasteiger partial charge on any atom is 0.273 e. The fourth-order valence-electron chi connectivity index (χ4n) is 3.44. The molecule has 0 aliphatic rings. The van der Waals surface area contributed by atoms with E-state index in [-0.39, 0.29) is 5.91 Å². The maximum absolute atomic E-state index is 12.6. The largest absolute Gasteiger partial charge is 0.338 e. The third kappa shape index (κ3) is 5.63. The summed E-state index contributed by atoms with van der Waals surface area (Å²) in [4.78, 5) is 18.9. The monoisotopic (exact) mass is 531 g/mol. The third-order valence-electron chi connectivity index (χ3n) is 5.21. The molecule has 0 bridgehead atoms. The average molecular weight is 533 g/mol. The molecule has 0 aliphatic carbocycles. The summed E-state index contributed by atoms with van der Waals surface area (Å²) in [5.74, 6) is 1.33. The van der Waals surface area contributed by atoms with Crippen LogP contribution in [0.3, 0.4) is 0 Å². The van der Waals surface area contributed by atoms with Crippen molar-refractivity contribution in [3.05, 3.63) is 86.0 Å². The second-order valence-electron chi connectivity index (χ2n) is 7.39. The summed E-state index contributed by atoms with van der Waals surface area (Å²) in [6.07, 6.45) is 0.619. The van der Waals surface area contributed by atoms with Gasteiger partial charge in [-0.15, -0.1) is 21.5 Å². The Labute approximate surface area is 216 Å². The van der Waals surface area contributed by atoms with E-state index in [2.05, 4.69) is 27.3 Å². The number of hydrogen-bond donors (Lipinski definition) is 0. The minimum atomic E-state index is -0.0402. The van der Waals surface area contributed by atoms with Gasteiger partial charge in [-0.2, -0.15) is 0 Å². The SMILES string of the molecule is CCN(CC)C(=O)c1csc(CSc2nnc(Cc3ccccc3)n2-c2ccc(Cl)c(Cl)c2)n1. The molecule has 0 saturated carbocycles. The first kappa shape index (κ1) is 24.7. The summed E-state index contributed by atoms with van der Waals surface area (Å²) in [7, 11) is 0. The molecule has 0 radical (unpaired) electrons. The third-order valence-corrected chi connectivity index (χ3v) is 7.92. The number of rotatable bonds is 9. The van der Waals surface area contributed by atoms with Crippen LogP contribution in [0.2, 0.25) is 10.0 Å². The van der Waals surface area contributed by atoms with Crippen molar-refractivity contribution >= 4 is 52.2 Å². The predicted molar refractivity (Wildman–Crippen MR) is 140 cm³/mol. The number of thioether (sulfide) groups is 1. The number of halogens is 2. The van der Waals surface area contributed by atoms with Gasteiger partial charge in [0, 0.05) is 24.9 Å². The van der Waals surface area contributed by atoms with Gasteiger partial charge < -0.3 is 4.90 Å². The highest BCUT2D eigenvalue weighted by Gasteiger charge is 2.19. The van der Waals surface area contributed by atoms with E-state index in [4.69, 9.17) is 23.2 Å². The topological polar surface area (TPSA) is 63.9 Å². The second kappa shape index (κ2) is 11.4. The van der Waals surface area contributed by atoms with Crippen LogP contribution in [0.15, 0.2) is 59.1 Å². The van der Waals surface area contributed by atoms with Crippen LogP contribution in [0, 0.1) is 0 Å². The molecule has 2 heterocycles. The van der Waals surface area contributed by atoms with Crippen LogP contribution in [0.1, 0.15) is 40.7 Å². The number of benzene rings is 2. The molecule has 0 atom stereocenters. The Balaban J connectivity index is 1.59. The first-order chi connectivity index (χ1) is 16.5. The van der Waals surface area contributed by atoms with Gasteiger partial charge in [-0.25, -0.2) is 4.98 Å². The van der Waals surface area contributed by atoms with E-state index < -0.39 is 0 Å². The van der Waals surface area contributed by atoms with E-state index in [0.29, 0.717) is 41.0 Å². The molecule has 0 saturated heterocycles. The zero-order valence-electron chi connectivity index (χ0n) is 18.7. The van der Waals surface area contributed by atoms with Crippen molar-refractivity contribution in [2.24, 2.45) is 0 Å². The highest BCUT2D eigenvalue weighted by atomic mass is 35.5. The van der Waals surface area contributed by atoms with Gasteiger partial charge in [0.05, 0.1) is 21.5 Å². The minimum Gasteiger partial charge on any atom is -0.338 e. The predicted octanol–water partition coefficient (Wildman–Crippen LogP) is 6.40. The Bertz CT molecular complexity index is 1270. The molecule has 2 aromatic heterocycles. The zero-order valence-corrected chi connectivity index (χ0v) is 21.9. The van der Waals surface area contributed by atoms with Crippen molar-refractivity contribution in [3.63, 3.8) is 0 Å². The molecular formula is C24H23Cl2N5OS2. The van der Waals surface area contributed by atoms with E-state index in [1.165, 1.54) is 23.1 Å². The Morgan fingerprint density at radius 2 is 1.82 bits per heavy atom. The van der Waals surface area contributed by atoms with E-state index in [9.17, 15) is 4.79 Å².